The van der Waals surface area contributed by atoms with Gasteiger partial charge in [-0.2, -0.15) is 0 Å². The van der Waals surface area contributed by atoms with Gasteiger partial charge in [-0.3, -0.25) is 0 Å². The molecule has 0 bridgehead atoms. The molecular formula is C41H34OP2. The lowest BCUT2D eigenvalue weighted by molar-refractivity contribution is 0.588. The third-order valence-corrected chi connectivity index (χ3v) is 10.9. The van der Waals surface area contributed by atoms with Crippen molar-refractivity contribution in [2.24, 2.45) is 0 Å². The lowest BCUT2D eigenvalue weighted by atomic mass is 9.84. The van der Waals surface area contributed by atoms with E-state index in [0.717, 1.165) is 25.0 Å². The SMILES string of the molecule is CPc1cccc(-c2ccc3c(-c4ccccc4)c4cc(-c5cccc(P(C)(C)=O)c5)ccc4c(-c4ccccc4)c3c2)c1. The molecule has 0 aromatic heterocycles. The highest BCUT2D eigenvalue weighted by Crippen LogP contribution is 2.46. The second-order valence-electron chi connectivity index (χ2n) is 11.7. The minimum absolute atomic E-state index is 0.761. The normalized spacial score (nSPS) is 12.0. The van der Waals surface area contributed by atoms with Gasteiger partial charge in [-0.25, -0.2) is 0 Å². The number of hydrogen-bond donors (Lipinski definition) is 0. The summed E-state index contributed by atoms with van der Waals surface area (Å²) in [7, 11) is -1.63. The molecule has 1 atom stereocenters. The number of rotatable bonds is 6. The summed E-state index contributed by atoms with van der Waals surface area (Å²) in [5.74, 6) is 0. The highest BCUT2D eigenvalue weighted by atomic mass is 31.2. The van der Waals surface area contributed by atoms with Crippen molar-refractivity contribution < 1.29 is 4.57 Å². The van der Waals surface area contributed by atoms with Crippen LogP contribution in [0.1, 0.15) is 0 Å². The molecule has 214 valence electrons. The fourth-order valence-electron chi connectivity index (χ4n) is 6.29. The fourth-order valence-corrected chi connectivity index (χ4v) is 7.75. The maximum absolute atomic E-state index is 13.0. The summed E-state index contributed by atoms with van der Waals surface area (Å²) in [5.41, 5.74) is 9.57. The Morgan fingerprint density at radius 1 is 0.432 bits per heavy atom. The first-order chi connectivity index (χ1) is 21.4. The van der Waals surface area contributed by atoms with Gasteiger partial charge in [-0.15, -0.1) is 0 Å². The number of hydrogen-bond acceptors (Lipinski definition) is 1. The predicted molar refractivity (Wildman–Crippen MR) is 196 cm³/mol. The second kappa shape index (κ2) is 11.7. The topological polar surface area (TPSA) is 17.1 Å². The van der Waals surface area contributed by atoms with Gasteiger partial charge in [0, 0.05) is 5.30 Å². The lowest BCUT2D eigenvalue weighted by Crippen LogP contribution is -2.02. The van der Waals surface area contributed by atoms with Crippen LogP contribution in [0.4, 0.5) is 0 Å². The Balaban J connectivity index is 1.59. The van der Waals surface area contributed by atoms with Gasteiger partial charge >= 0.3 is 0 Å². The first kappa shape index (κ1) is 28.5. The molecule has 0 amide bonds. The molecule has 0 spiro atoms. The highest BCUT2D eigenvalue weighted by Gasteiger charge is 2.19. The molecule has 7 rings (SSSR count). The first-order valence-corrected chi connectivity index (χ1v) is 19.1. The number of fused-ring (bicyclic) bond motifs is 2. The van der Waals surface area contributed by atoms with Crippen LogP contribution in [0.2, 0.25) is 0 Å². The number of benzene rings is 7. The van der Waals surface area contributed by atoms with E-state index in [1.807, 2.05) is 25.5 Å². The average Bonchev–Trinajstić information content (AvgIpc) is 3.07. The Morgan fingerprint density at radius 3 is 1.39 bits per heavy atom. The molecule has 7 aromatic rings. The predicted octanol–water partition coefficient (Wildman–Crippen LogP) is 10.8. The summed E-state index contributed by atoms with van der Waals surface area (Å²) in [5, 5.41) is 7.19. The van der Waals surface area contributed by atoms with Crippen LogP contribution in [0.5, 0.6) is 0 Å². The van der Waals surface area contributed by atoms with Crippen LogP contribution in [0, 0.1) is 0 Å². The van der Waals surface area contributed by atoms with E-state index in [1.54, 1.807) is 0 Å². The standard InChI is InChI=1S/C41H34OP2/c1-43-34-18-10-16-30(24-34)32-20-22-36-38(26-32)40(28-12-6-4-7-13-28)37-23-21-33(31-17-11-19-35(25-31)44(2,3)42)27-39(37)41(36)29-14-8-5-9-15-29/h4-27,43H,1-3H3. The average molecular weight is 605 g/mol. The first-order valence-electron chi connectivity index (χ1n) is 15.0. The monoisotopic (exact) mass is 604 g/mol. The summed E-state index contributed by atoms with van der Waals surface area (Å²) < 4.78 is 13.0. The van der Waals surface area contributed by atoms with E-state index in [0.29, 0.717) is 0 Å². The van der Waals surface area contributed by atoms with Crippen molar-refractivity contribution in [3.05, 3.63) is 146 Å². The largest absolute Gasteiger partial charge is 0.319 e. The summed E-state index contributed by atoms with van der Waals surface area (Å²) in [4.78, 5) is 0. The Hall–Kier alpha value is -4.28. The van der Waals surface area contributed by atoms with Crippen LogP contribution in [-0.4, -0.2) is 20.0 Å². The summed E-state index contributed by atoms with van der Waals surface area (Å²) in [6, 6.07) is 52.5. The van der Waals surface area contributed by atoms with E-state index in [-0.39, 0.29) is 0 Å². The maximum atomic E-state index is 13.0. The molecule has 44 heavy (non-hydrogen) atoms. The van der Waals surface area contributed by atoms with Crippen molar-refractivity contribution in [3.63, 3.8) is 0 Å². The Labute approximate surface area is 261 Å². The van der Waals surface area contributed by atoms with Gasteiger partial charge < -0.3 is 4.57 Å². The summed E-state index contributed by atoms with van der Waals surface area (Å²) >= 11 is 0. The van der Waals surface area contributed by atoms with Gasteiger partial charge in [0.05, 0.1) is 0 Å². The molecule has 1 nitrogen and oxygen atoms in total. The lowest BCUT2D eigenvalue weighted by Gasteiger charge is -2.20. The van der Waals surface area contributed by atoms with E-state index in [4.69, 9.17) is 0 Å². The molecule has 0 N–H and O–H groups in total. The molecule has 3 heteroatoms. The minimum Gasteiger partial charge on any atom is -0.319 e. The van der Waals surface area contributed by atoms with E-state index < -0.39 is 7.14 Å². The van der Waals surface area contributed by atoms with E-state index in [9.17, 15) is 4.57 Å². The Kier molecular flexibility index (Phi) is 7.55. The van der Waals surface area contributed by atoms with Crippen molar-refractivity contribution in [1.29, 1.82) is 0 Å². The van der Waals surface area contributed by atoms with Crippen molar-refractivity contribution in [1.82, 2.24) is 0 Å². The van der Waals surface area contributed by atoms with Crippen LogP contribution in [0.25, 0.3) is 66.1 Å². The van der Waals surface area contributed by atoms with E-state index in [2.05, 4.69) is 140 Å². The minimum atomic E-state index is -2.39. The zero-order valence-electron chi connectivity index (χ0n) is 25.2. The van der Waals surface area contributed by atoms with Crippen molar-refractivity contribution in [2.45, 2.75) is 0 Å². The van der Waals surface area contributed by atoms with Crippen molar-refractivity contribution in [2.75, 3.05) is 20.0 Å². The van der Waals surface area contributed by atoms with Gasteiger partial charge in [-0.1, -0.05) is 130 Å². The molecule has 0 aliphatic rings. The molecule has 0 aliphatic carbocycles. The molecular weight excluding hydrogens is 570 g/mol. The van der Waals surface area contributed by atoms with Crippen LogP contribution in [-0.2, 0) is 4.57 Å². The van der Waals surface area contributed by atoms with Crippen LogP contribution in [0.3, 0.4) is 0 Å². The molecule has 0 fully saturated rings. The zero-order chi connectivity index (χ0) is 30.3. The quantitative estimate of drug-likeness (QED) is 0.136. The summed E-state index contributed by atoms with van der Waals surface area (Å²) in [6.45, 7) is 5.91. The van der Waals surface area contributed by atoms with Crippen LogP contribution >= 0.6 is 15.7 Å². The van der Waals surface area contributed by atoms with Gasteiger partial charge in [0.1, 0.15) is 7.14 Å². The van der Waals surface area contributed by atoms with E-state index >= 15 is 0 Å². The summed E-state index contributed by atoms with van der Waals surface area (Å²) in [6.07, 6.45) is 0. The van der Waals surface area contributed by atoms with Crippen molar-refractivity contribution in [3.8, 4) is 44.5 Å². The van der Waals surface area contributed by atoms with Crippen molar-refractivity contribution >= 4 is 47.9 Å². The molecule has 0 heterocycles. The highest BCUT2D eigenvalue weighted by molar-refractivity contribution is 7.70. The smallest absolute Gasteiger partial charge is 0.109 e. The molecule has 1 unspecified atom stereocenters. The van der Waals surface area contributed by atoms with Crippen LogP contribution in [0.15, 0.2) is 146 Å². The Bertz CT molecular complexity index is 2190. The van der Waals surface area contributed by atoms with E-state index in [1.165, 1.54) is 60.2 Å². The zero-order valence-corrected chi connectivity index (χ0v) is 27.1. The maximum Gasteiger partial charge on any atom is 0.109 e. The molecule has 0 radical (unpaired) electrons. The van der Waals surface area contributed by atoms with Gasteiger partial charge in [-0.05, 0) is 116 Å². The second-order valence-corrected chi connectivity index (χ2v) is 16.0. The molecule has 0 aliphatic heterocycles. The third-order valence-electron chi connectivity index (χ3n) is 8.53. The van der Waals surface area contributed by atoms with Gasteiger partial charge in [0.2, 0.25) is 0 Å². The third kappa shape index (κ3) is 5.33. The van der Waals surface area contributed by atoms with Gasteiger partial charge in [0.25, 0.3) is 0 Å². The fraction of sp³-hybridized carbons (Fsp3) is 0.0732. The molecule has 0 saturated carbocycles. The molecule has 7 aromatic carbocycles. The molecule has 0 saturated heterocycles. The Morgan fingerprint density at radius 2 is 0.886 bits per heavy atom. The van der Waals surface area contributed by atoms with Crippen LogP contribution < -0.4 is 10.6 Å². The van der Waals surface area contributed by atoms with Gasteiger partial charge in [0.15, 0.2) is 0 Å².